The Morgan fingerprint density at radius 2 is 2.04 bits per heavy atom. The highest BCUT2D eigenvalue weighted by Gasteiger charge is 2.28. The molecule has 1 aliphatic carbocycles. The molecule has 0 heterocycles. The lowest BCUT2D eigenvalue weighted by Crippen LogP contribution is -2.32. The second-order valence-electron chi connectivity index (χ2n) is 7.17. The summed E-state index contributed by atoms with van der Waals surface area (Å²) in [7, 11) is -3.27. The van der Waals surface area contributed by atoms with Gasteiger partial charge in [-0.3, -0.25) is 4.57 Å². The van der Waals surface area contributed by atoms with Gasteiger partial charge >= 0.3 is 0 Å². The molecule has 0 bridgehead atoms. The predicted molar refractivity (Wildman–Crippen MR) is 113 cm³/mol. The number of benzene rings is 1. The number of halogens is 2. The van der Waals surface area contributed by atoms with Crippen molar-refractivity contribution in [3.8, 4) is 0 Å². The van der Waals surface area contributed by atoms with Gasteiger partial charge in [0, 0.05) is 22.3 Å². The van der Waals surface area contributed by atoms with Crippen molar-refractivity contribution in [2.75, 3.05) is 18.9 Å². The van der Waals surface area contributed by atoms with Gasteiger partial charge in [0.25, 0.3) is 0 Å². The minimum absolute atomic E-state index is 0.0264. The van der Waals surface area contributed by atoms with Gasteiger partial charge in [-0.15, -0.1) is 0 Å². The molecule has 1 aromatic rings. The topological polar surface area (TPSA) is 69.6 Å². The molecule has 0 spiro atoms. The molecule has 2 rings (SSSR count). The van der Waals surface area contributed by atoms with Gasteiger partial charge in [0.05, 0.1) is 17.3 Å². The Hall–Kier alpha value is 0.350. The highest BCUT2D eigenvalue weighted by atomic mass is 127. The number of aliphatic hydroxyl groups is 1. The first-order valence-corrected chi connectivity index (χ1v) is 12.4. The molecule has 1 saturated carbocycles. The number of nitrogens with one attached hydrogen (secondary N) is 1. The van der Waals surface area contributed by atoms with Crippen LogP contribution in [-0.2, 0) is 4.57 Å². The molecule has 0 aliphatic heterocycles. The van der Waals surface area contributed by atoms with E-state index in [1.54, 1.807) is 0 Å². The van der Waals surface area contributed by atoms with Crippen molar-refractivity contribution >= 4 is 41.6 Å². The van der Waals surface area contributed by atoms with Crippen LogP contribution in [0.4, 0.5) is 0 Å². The predicted octanol–water partition coefficient (Wildman–Crippen LogP) is 4.81. The highest BCUT2D eigenvalue weighted by molar-refractivity contribution is 14.1. The molecule has 1 fully saturated rings. The standard InChI is InChI=1S/C18H28ClINO3P/c1-13(15-7-8-17(19)18(20)9-15)21-10-16(22)12-25(23,24)11-14-5-3-2-4-6-14/h7-9,13-14,16,21-22H,2-6,10-12H2,1H3,(H,23,24)/t13?,16-/m1/s1. The van der Waals surface area contributed by atoms with E-state index in [1.165, 1.54) is 6.42 Å². The zero-order valence-corrected chi connectivity index (χ0v) is 18.4. The minimum Gasteiger partial charge on any atom is -0.391 e. The van der Waals surface area contributed by atoms with Gasteiger partial charge in [-0.25, -0.2) is 0 Å². The van der Waals surface area contributed by atoms with Crippen LogP contribution < -0.4 is 5.32 Å². The van der Waals surface area contributed by atoms with Crippen LogP contribution in [-0.4, -0.2) is 35.0 Å². The Morgan fingerprint density at radius 1 is 1.36 bits per heavy atom. The molecule has 2 unspecified atom stereocenters. The van der Waals surface area contributed by atoms with Gasteiger partial charge in [-0.05, 0) is 66.0 Å². The van der Waals surface area contributed by atoms with Gasteiger partial charge < -0.3 is 15.3 Å². The molecule has 0 radical (unpaired) electrons. The number of aliphatic hydroxyl groups excluding tert-OH is 1. The zero-order valence-electron chi connectivity index (χ0n) is 14.6. The quantitative estimate of drug-likeness (QED) is 0.355. The Balaban J connectivity index is 1.79. The molecule has 3 N–H and O–H groups in total. The first-order chi connectivity index (χ1) is 11.8. The fraction of sp³-hybridized carbons (Fsp3) is 0.667. The summed E-state index contributed by atoms with van der Waals surface area (Å²) >= 11 is 8.23. The third-order valence-corrected chi connectivity index (χ3v) is 8.49. The Bertz CT molecular complexity index is 610. The van der Waals surface area contributed by atoms with Crippen LogP contribution in [0, 0.1) is 9.49 Å². The largest absolute Gasteiger partial charge is 0.391 e. The molecular formula is C18H28ClINO3P. The van der Waals surface area contributed by atoms with Crippen molar-refractivity contribution in [3.63, 3.8) is 0 Å². The normalized spacial score (nSPS) is 20.8. The first kappa shape index (κ1) is 21.6. The maximum atomic E-state index is 12.4. The SMILES string of the molecule is CC(NC[C@@H](O)CP(=O)(O)CC1CCCCC1)c1ccc(Cl)c(I)c1. The van der Waals surface area contributed by atoms with E-state index in [9.17, 15) is 14.6 Å². The lowest BCUT2D eigenvalue weighted by molar-refractivity contribution is 0.186. The van der Waals surface area contributed by atoms with Crippen LogP contribution in [0.25, 0.3) is 0 Å². The summed E-state index contributed by atoms with van der Waals surface area (Å²) in [6, 6.07) is 5.86. The summed E-state index contributed by atoms with van der Waals surface area (Å²) < 4.78 is 13.4. The van der Waals surface area contributed by atoms with E-state index in [1.807, 2.05) is 25.1 Å². The fourth-order valence-corrected chi connectivity index (χ4v) is 6.22. The number of hydrogen-bond acceptors (Lipinski definition) is 3. The van der Waals surface area contributed by atoms with E-state index in [4.69, 9.17) is 11.6 Å². The van der Waals surface area contributed by atoms with E-state index in [0.29, 0.717) is 18.6 Å². The monoisotopic (exact) mass is 499 g/mol. The van der Waals surface area contributed by atoms with E-state index < -0.39 is 13.5 Å². The van der Waals surface area contributed by atoms with Crippen LogP contribution in [0.2, 0.25) is 5.02 Å². The lowest BCUT2D eigenvalue weighted by atomic mass is 9.91. The molecule has 0 aromatic heterocycles. The molecule has 25 heavy (non-hydrogen) atoms. The van der Waals surface area contributed by atoms with Crippen molar-refractivity contribution < 1.29 is 14.6 Å². The molecular weight excluding hydrogens is 472 g/mol. The molecule has 0 saturated heterocycles. The van der Waals surface area contributed by atoms with E-state index in [2.05, 4.69) is 27.9 Å². The average Bonchev–Trinajstić information content (AvgIpc) is 2.55. The Morgan fingerprint density at radius 3 is 2.68 bits per heavy atom. The average molecular weight is 500 g/mol. The summed E-state index contributed by atoms with van der Waals surface area (Å²) in [5, 5.41) is 14.2. The van der Waals surface area contributed by atoms with Gasteiger partial charge in [-0.2, -0.15) is 0 Å². The summed E-state index contributed by atoms with van der Waals surface area (Å²) in [5.74, 6) is 0.347. The smallest absolute Gasteiger partial charge is 0.203 e. The van der Waals surface area contributed by atoms with E-state index in [0.717, 1.165) is 39.8 Å². The maximum absolute atomic E-state index is 12.4. The molecule has 142 valence electrons. The van der Waals surface area contributed by atoms with Crippen LogP contribution in [0.3, 0.4) is 0 Å². The third-order valence-electron chi connectivity index (χ3n) is 4.87. The van der Waals surface area contributed by atoms with Gasteiger partial charge in [0.1, 0.15) is 0 Å². The second kappa shape index (κ2) is 10.0. The Labute approximate surface area is 169 Å². The molecule has 0 amide bonds. The van der Waals surface area contributed by atoms with Crippen molar-refractivity contribution in [1.29, 1.82) is 0 Å². The van der Waals surface area contributed by atoms with Gasteiger partial charge in [0.2, 0.25) is 7.37 Å². The van der Waals surface area contributed by atoms with Gasteiger partial charge in [-0.1, -0.05) is 36.9 Å². The van der Waals surface area contributed by atoms with Crippen LogP contribution in [0.15, 0.2) is 18.2 Å². The maximum Gasteiger partial charge on any atom is 0.203 e. The lowest BCUT2D eigenvalue weighted by Gasteiger charge is -2.25. The number of rotatable bonds is 8. The van der Waals surface area contributed by atoms with Crippen LogP contribution in [0.1, 0.15) is 50.6 Å². The molecule has 3 atom stereocenters. The van der Waals surface area contributed by atoms with Crippen molar-refractivity contribution in [2.24, 2.45) is 5.92 Å². The second-order valence-corrected chi connectivity index (χ2v) is 11.2. The van der Waals surface area contributed by atoms with Crippen molar-refractivity contribution in [3.05, 3.63) is 32.4 Å². The van der Waals surface area contributed by atoms with Crippen molar-refractivity contribution in [2.45, 2.75) is 51.2 Å². The minimum atomic E-state index is -3.27. The molecule has 7 heteroatoms. The summed E-state index contributed by atoms with van der Waals surface area (Å²) in [6.45, 7) is 2.31. The number of hydrogen-bond donors (Lipinski definition) is 3. The van der Waals surface area contributed by atoms with Crippen molar-refractivity contribution in [1.82, 2.24) is 5.32 Å². The Kier molecular flexibility index (Phi) is 8.70. The zero-order chi connectivity index (χ0) is 18.4. The molecule has 1 aromatic carbocycles. The third kappa shape index (κ3) is 7.47. The van der Waals surface area contributed by atoms with Crippen LogP contribution >= 0.6 is 41.6 Å². The fourth-order valence-electron chi connectivity index (χ4n) is 3.45. The van der Waals surface area contributed by atoms with Crippen LogP contribution in [0.5, 0.6) is 0 Å². The summed E-state index contributed by atoms with van der Waals surface area (Å²) in [5.41, 5.74) is 1.08. The van der Waals surface area contributed by atoms with E-state index in [-0.39, 0.29) is 12.2 Å². The summed E-state index contributed by atoms with van der Waals surface area (Å²) in [4.78, 5) is 10.2. The summed E-state index contributed by atoms with van der Waals surface area (Å²) in [6.07, 6.45) is 5.17. The highest BCUT2D eigenvalue weighted by Crippen LogP contribution is 2.45. The molecule has 1 aliphatic rings. The van der Waals surface area contributed by atoms with E-state index >= 15 is 0 Å². The molecule has 4 nitrogen and oxygen atoms in total. The van der Waals surface area contributed by atoms with Gasteiger partial charge in [0.15, 0.2) is 0 Å². The first-order valence-electron chi connectivity index (χ1n) is 8.94.